The molecule has 2 N–H and O–H groups in total. The number of anilines is 3. The largest absolute Gasteiger partial charge is 0.341 e. The smallest absolute Gasteiger partial charge is 0.236 e. The standard InChI is InChI=1S/C21H27ClN8O/c1-14-10-17(28-27-14)25-19-16(22)12-24-20(26-19)29(2)15-4-7-21(11-15)6-3-9-30(13-21)18(31)5-8-23/h10,12,15H,3-7,9,11,13H2,1-2H3,(H2,24,25,26,27,28). The molecule has 2 atom stereocenters. The van der Waals surface area contributed by atoms with Gasteiger partial charge in [0.05, 0.1) is 12.3 Å². The first-order chi connectivity index (χ1) is 14.9. The summed E-state index contributed by atoms with van der Waals surface area (Å²) < 4.78 is 0. The number of carbonyl (C=O) groups excluding carboxylic acids is 1. The van der Waals surface area contributed by atoms with E-state index in [1.807, 2.05) is 31.0 Å². The summed E-state index contributed by atoms with van der Waals surface area (Å²) in [7, 11) is 2.01. The summed E-state index contributed by atoms with van der Waals surface area (Å²) in [4.78, 5) is 25.3. The third-order valence-electron chi connectivity index (χ3n) is 6.47. The van der Waals surface area contributed by atoms with Gasteiger partial charge >= 0.3 is 0 Å². The second-order valence-electron chi connectivity index (χ2n) is 8.69. The number of piperidine rings is 1. The normalized spacial score (nSPS) is 23.0. The molecule has 1 saturated heterocycles. The van der Waals surface area contributed by atoms with Crippen LogP contribution in [0.5, 0.6) is 0 Å². The Bertz CT molecular complexity index is 1000. The van der Waals surface area contributed by atoms with E-state index in [1.165, 1.54) is 0 Å². The Morgan fingerprint density at radius 2 is 2.35 bits per heavy atom. The van der Waals surface area contributed by atoms with Crippen molar-refractivity contribution in [2.24, 2.45) is 5.41 Å². The van der Waals surface area contributed by atoms with Gasteiger partial charge < -0.3 is 15.1 Å². The number of aromatic amines is 1. The summed E-state index contributed by atoms with van der Waals surface area (Å²) in [6.45, 7) is 3.42. The highest BCUT2D eigenvalue weighted by Crippen LogP contribution is 2.46. The fourth-order valence-electron chi connectivity index (χ4n) is 4.86. The second kappa shape index (κ2) is 8.71. The van der Waals surface area contributed by atoms with Crippen LogP contribution in [0.1, 0.15) is 44.2 Å². The van der Waals surface area contributed by atoms with Gasteiger partial charge in [0.1, 0.15) is 11.4 Å². The summed E-state index contributed by atoms with van der Waals surface area (Å²) in [6, 6.07) is 4.15. The van der Waals surface area contributed by atoms with Gasteiger partial charge in [-0.3, -0.25) is 9.89 Å². The van der Waals surface area contributed by atoms with Crippen LogP contribution in [-0.4, -0.2) is 57.2 Å². The topological polar surface area (TPSA) is 114 Å². The highest BCUT2D eigenvalue weighted by molar-refractivity contribution is 6.32. The van der Waals surface area contributed by atoms with E-state index in [-0.39, 0.29) is 23.8 Å². The monoisotopic (exact) mass is 442 g/mol. The lowest BCUT2D eigenvalue weighted by Gasteiger charge is -2.41. The van der Waals surface area contributed by atoms with Crippen LogP contribution < -0.4 is 10.2 Å². The number of rotatable bonds is 5. The summed E-state index contributed by atoms with van der Waals surface area (Å²) in [5.41, 5.74) is 1.05. The summed E-state index contributed by atoms with van der Waals surface area (Å²) in [6.07, 6.45) is 6.72. The number of hydrogen-bond donors (Lipinski definition) is 2. The van der Waals surface area contributed by atoms with E-state index in [4.69, 9.17) is 16.9 Å². The molecule has 0 aromatic carbocycles. The lowest BCUT2D eigenvalue weighted by atomic mass is 9.78. The summed E-state index contributed by atoms with van der Waals surface area (Å²) in [5.74, 6) is 1.72. The quantitative estimate of drug-likeness (QED) is 0.729. The van der Waals surface area contributed by atoms with Gasteiger partial charge in [0.15, 0.2) is 11.6 Å². The minimum absolute atomic E-state index is 0.0384. The van der Waals surface area contributed by atoms with Crippen molar-refractivity contribution in [2.45, 2.75) is 51.5 Å². The molecule has 9 nitrogen and oxygen atoms in total. The highest BCUT2D eigenvalue weighted by atomic mass is 35.5. The van der Waals surface area contributed by atoms with E-state index < -0.39 is 0 Å². The minimum atomic E-state index is -0.0521. The molecule has 2 fully saturated rings. The lowest BCUT2D eigenvalue weighted by Crippen LogP contribution is -2.45. The Labute approximate surface area is 186 Å². The maximum absolute atomic E-state index is 12.2. The third-order valence-corrected chi connectivity index (χ3v) is 6.74. The molecule has 0 bridgehead atoms. The molecule has 2 aromatic rings. The zero-order chi connectivity index (χ0) is 22.0. The van der Waals surface area contributed by atoms with E-state index in [0.29, 0.717) is 22.6 Å². The van der Waals surface area contributed by atoms with Crippen molar-refractivity contribution in [2.75, 3.05) is 30.4 Å². The number of halogens is 1. The van der Waals surface area contributed by atoms with E-state index in [9.17, 15) is 4.79 Å². The maximum Gasteiger partial charge on any atom is 0.236 e. The van der Waals surface area contributed by atoms with Gasteiger partial charge in [-0.2, -0.15) is 15.3 Å². The zero-order valence-corrected chi connectivity index (χ0v) is 18.6. The first-order valence-corrected chi connectivity index (χ1v) is 11.0. The number of nitrogens with one attached hydrogen (secondary N) is 2. The van der Waals surface area contributed by atoms with Gasteiger partial charge in [-0.1, -0.05) is 11.6 Å². The van der Waals surface area contributed by atoms with E-state index in [2.05, 4.69) is 30.4 Å². The molecule has 2 unspecified atom stereocenters. The van der Waals surface area contributed by atoms with Gasteiger partial charge in [0.2, 0.25) is 11.9 Å². The van der Waals surface area contributed by atoms with Crippen molar-refractivity contribution in [1.82, 2.24) is 25.1 Å². The lowest BCUT2D eigenvalue weighted by molar-refractivity contribution is -0.133. The number of amides is 1. The minimum Gasteiger partial charge on any atom is -0.341 e. The number of nitrogens with zero attached hydrogens (tertiary/aromatic N) is 6. The van der Waals surface area contributed by atoms with Gasteiger partial charge in [-0.05, 0) is 44.4 Å². The van der Waals surface area contributed by atoms with Crippen molar-refractivity contribution in [3.05, 3.63) is 23.0 Å². The Hall–Kier alpha value is -2.86. The van der Waals surface area contributed by atoms with Crippen molar-refractivity contribution in [3.63, 3.8) is 0 Å². The molecule has 31 heavy (non-hydrogen) atoms. The molecule has 1 saturated carbocycles. The molecule has 3 heterocycles. The average molecular weight is 443 g/mol. The maximum atomic E-state index is 12.2. The molecular formula is C21H27ClN8O. The van der Waals surface area contributed by atoms with Crippen LogP contribution in [0.3, 0.4) is 0 Å². The van der Waals surface area contributed by atoms with Crippen LogP contribution in [0.4, 0.5) is 17.6 Å². The molecule has 1 spiro atoms. The van der Waals surface area contributed by atoms with Crippen LogP contribution in [0.15, 0.2) is 12.3 Å². The van der Waals surface area contributed by atoms with E-state index >= 15 is 0 Å². The predicted molar refractivity (Wildman–Crippen MR) is 118 cm³/mol. The van der Waals surface area contributed by atoms with Crippen LogP contribution in [-0.2, 0) is 4.79 Å². The number of likely N-dealkylation sites (tertiary alicyclic amines) is 1. The van der Waals surface area contributed by atoms with Gasteiger partial charge in [0, 0.05) is 37.9 Å². The second-order valence-corrected chi connectivity index (χ2v) is 9.10. The molecule has 4 rings (SSSR count). The van der Waals surface area contributed by atoms with Crippen LogP contribution in [0.2, 0.25) is 5.02 Å². The number of hydrogen-bond acceptors (Lipinski definition) is 7. The zero-order valence-electron chi connectivity index (χ0n) is 17.9. The molecule has 1 amide bonds. The first-order valence-electron chi connectivity index (χ1n) is 10.6. The highest BCUT2D eigenvalue weighted by Gasteiger charge is 2.44. The number of aromatic nitrogens is 4. The van der Waals surface area contributed by atoms with Gasteiger partial charge in [-0.15, -0.1) is 0 Å². The molecule has 2 aliphatic rings. The Morgan fingerprint density at radius 1 is 1.52 bits per heavy atom. The fraction of sp³-hybridized carbons (Fsp3) is 0.571. The fourth-order valence-corrected chi connectivity index (χ4v) is 5.00. The van der Waals surface area contributed by atoms with Crippen LogP contribution in [0.25, 0.3) is 0 Å². The number of nitriles is 1. The summed E-state index contributed by atoms with van der Waals surface area (Å²) in [5, 5.41) is 19.5. The molecule has 10 heteroatoms. The molecule has 0 radical (unpaired) electrons. The van der Waals surface area contributed by atoms with Crippen molar-refractivity contribution in [3.8, 4) is 6.07 Å². The Kier molecular flexibility index (Phi) is 6.01. The van der Waals surface area contributed by atoms with Gasteiger partial charge in [0.25, 0.3) is 0 Å². The van der Waals surface area contributed by atoms with E-state index in [0.717, 1.165) is 50.9 Å². The number of carbonyl (C=O) groups is 1. The Balaban J connectivity index is 1.45. The SMILES string of the molecule is Cc1cc(Nc2nc(N(C)C3CCC4(CCCN(C(=O)CC#N)C4)C3)ncc2Cl)n[nH]1. The van der Waals surface area contributed by atoms with E-state index in [1.54, 1.807) is 6.20 Å². The first kappa shape index (κ1) is 21.4. The number of aryl methyl sites for hydroxylation is 1. The summed E-state index contributed by atoms with van der Waals surface area (Å²) >= 11 is 6.30. The van der Waals surface area contributed by atoms with Crippen LogP contribution in [0, 0.1) is 23.7 Å². The Morgan fingerprint density at radius 3 is 3.10 bits per heavy atom. The van der Waals surface area contributed by atoms with Crippen molar-refractivity contribution in [1.29, 1.82) is 5.26 Å². The van der Waals surface area contributed by atoms with Crippen LogP contribution >= 0.6 is 11.6 Å². The molecule has 1 aliphatic heterocycles. The van der Waals surface area contributed by atoms with Crippen molar-refractivity contribution >= 4 is 35.1 Å². The molecule has 164 valence electrons. The predicted octanol–water partition coefficient (Wildman–Crippen LogP) is 3.42. The van der Waals surface area contributed by atoms with Gasteiger partial charge in [-0.25, -0.2) is 4.98 Å². The number of H-pyrrole nitrogens is 1. The third kappa shape index (κ3) is 4.59. The molecular weight excluding hydrogens is 416 g/mol. The molecule has 2 aromatic heterocycles. The average Bonchev–Trinajstić information content (AvgIpc) is 3.35. The van der Waals surface area contributed by atoms with Crippen molar-refractivity contribution < 1.29 is 4.79 Å². The molecule has 1 aliphatic carbocycles.